The van der Waals surface area contributed by atoms with E-state index in [9.17, 15) is 0 Å². The van der Waals surface area contributed by atoms with E-state index in [1.807, 2.05) is 73.9 Å². The molecule has 2 aliphatic rings. The van der Waals surface area contributed by atoms with Crippen molar-refractivity contribution in [3.8, 4) is 0 Å². The third kappa shape index (κ3) is 7.64. The molecule has 0 bridgehead atoms. The summed E-state index contributed by atoms with van der Waals surface area (Å²) in [4.78, 5) is 4.39. The Hall–Kier alpha value is -1.73. The van der Waals surface area contributed by atoms with Crippen molar-refractivity contribution in [3.63, 3.8) is 0 Å². The van der Waals surface area contributed by atoms with Crippen molar-refractivity contribution in [1.82, 2.24) is 30.5 Å². The standard InChI is InChI=1S/C22H25ClN7.C5H5.Fe/c1-22(2,3)30-21(27-28-29-30)20(15-6-4-5-7-15)26-13-12-25-18-10-11-24-19-14-16(23)8-9-17(18)19;1-2-4-5-3-1;/h4-11,14,20,26H,12-13H2,1-3H3,(H,24,25);1-5H;/q;;+2. The van der Waals surface area contributed by atoms with Crippen LogP contribution in [0.4, 0.5) is 5.69 Å². The number of nitrogens with zero attached hydrogens (tertiary/aromatic N) is 5. The number of hydrogen-bond acceptors (Lipinski definition) is 6. The molecule has 0 saturated heterocycles. The minimum absolute atomic E-state index is 0. The summed E-state index contributed by atoms with van der Waals surface area (Å²) < 4.78 is 1.88. The van der Waals surface area contributed by atoms with E-state index in [1.54, 1.807) is 6.20 Å². The summed E-state index contributed by atoms with van der Waals surface area (Å²) in [6.45, 7) is 7.74. The fourth-order valence-electron chi connectivity index (χ4n) is 3.80. The fourth-order valence-corrected chi connectivity index (χ4v) is 3.97. The molecule has 2 aliphatic carbocycles. The molecule has 36 heavy (non-hydrogen) atoms. The summed E-state index contributed by atoms with van der Waals surface area (Å²) in [6.07, 6.45) is 20.0. The van der Waals surface area contributed by atoms with Crippen molar-refractivity contribution in [2.24, 2.45) is 0 Å². The topological polar surface area (TPSA) is 80.5 Å². The van der Waals surface area contributed by atoms with Gasteiger partial charge < -0.3 is 10.6 Å². The first-order valence-electron chi connectivity index (χ1n) is 11.6. The summed E-state index contributed by atoms with van der Waals surface area (Å²) in [5, 5.41) is 21.3. The van der Waals surface area contributed by atoms with E-state index in [4.69, 9.17) is 11.6 Å². The van der Waals surface area contributed by atoms with Crippen LogP contribution >= 0.6 is 11.6 Å². The molecule has 5 rings (SSSR count). The largest absolute Gasteiger partial charge is 2.00 e. The van der Waals surface area contributed by atoms with Gasteiger partial charge in [-0.15, -0.1) is 5.10 Å². The van der Waals surface area contributed by atoms with Gasteiger partial charge in [-0.25, -0.2) is 4.68 Å². The van der Waals surface area contributed by atoms with Gasteiger partial charge in [0.25, 0.3) is 0 Å². The first-order chi connectivity index (χ1) is 16.9. The summed E-state index contributed by atoms with van der Waals surface area (Å²) in [5.41, 5.74) is 1.70. The van der Waals surface area contributed by atoms with Gasteiger partial charge in [0.05, 0.1) is 17.1 Å². The van der Waals surface area contributed by atoms with Crippen LogP contribution in [0.5, 0.6) is 0 Å². The van der Waals surface area contributed by atoms with Gasteiger partial charge in [-0.1, -0.05) is 11.6 Å². The van der Waals surface area contributed by atoms with Crippen LogP contribution in [0.3, 0.4) is 0 Å². The van der Waals surface area contributed by atoms with Crippen LogP contribution in [0.15, 0.2) is 30.5 Å². The fraction of sp³-hybridized carbons (Fsp3) is 0.259. The van der Waals surface area contributed by atoms with Gasteiger partial charge in [0.1, 0.15) is 0 Å². The molecule has 186 valence electrons. The van der Waals surface area contributed by atoms with Crippen molar-refractivity contribution < 1.29 is 17.1 Å². The number of anilines is 1. The Morgan fingerprint density at radius 1 is 0.944 bits per heavy atom. The molecule has 9 heteroatoms. The van der Waals surface area contributed by atoms with Gasteiger partial charge in [0.2, 0.25) is 0 Å². The quantitative estimate of drug-likeness (QED) is 0.329. The molecule has 1 unspecified atom stereocenters. The summed E-state index contributed by atoms with van der Waals surface area (Å²) in [7, 11) is 0. The van der Waals surface area contributed by atoms with Gasteiger partial charge >= 0.3 is 17.1 Å². The number of aromatic nitrogens is 5. The van der Waals surface area contributed by atoms with Gasteiger partial charge in [-0.05, 0) is 113 Å². The van der Waals surface area contributed by atoms with E-state index < -0.39 is 0 Å². The Morgan fingerprint density at radius 3 is 2.31 bits per heavy atom. The minimum Gasteiger partial charge on any atom is -0.383 e. The van der Waals surface area contributed by atoms with Gasteiger partial charge in [0.15, 0.2) is 5.82 Å². The van der Waals surface area contributed by atoms with E-state index in [0.717, 1.165) is 41.4 Å². The van der Waals surface area contributed by atoms with Crippen LogP contribution in [0, 0.1) is 63.7 Å². The van der Waals surface area contributed by atoms with Crippen LogP contribution in [0.25, 0.3) is 10.9 Å². The number of halogens is 1. The zero-order chi connectivity index (χ0) is 24.7. The number of nitrogens with one attached hydrogen (secondary N) is 2. The molecule has 0 spiro atoms. The summed E-state index contributed by atoms with van der Waals surface area (Å²) in [5.74, 6) is 1.94. The van der Waals surface area contributed by atoms with Gasteiger partial charge in [-0.3, -0.25) is 4.98 Å². The average molecular weight is 544 g/mol. The first-order valence-corrected chi connectivity index (χ1v) is 12.0. The predicted molar refractivity (Wildman–Crippen MR) is 141 cm³/mol. The van der Waals surface area contributed by atoms with Crippen LogP contribution in [0.2, 0.25) is 5.02 Å². The molecule has 10 radical (unpaired) electrons. The molecule has 1 atom stereocenters. The SMILES string of the molecule is CC(C)(C)n1nnnc1C(NCCNc1ccnc2cc(Cl)ccc12)[C]1[CH][CH][CH][CH]1.[CH]1[CH][CH][CH][CH]1.[Fe+2]. The Bertz CT molecular complexity index is 1060. The molecule has 7 nitrogen and oxygen atoms in total. The van der Waals surface area contributed by atoms with Crippen LogP contribution in [-0.4, -0.2) is 38.3 Å². The predicted octanol–water partition coefficient (Wildman–Crippen LogP) is 4.80. The molecule has 0 amide bonds. The minimum atomic E-state index is -0.208. The third-order valence-corrected chi connectivity index (χ3v) is 5.69. The monoisotopic (exact) mass is 543 g/mol. The van der Waals surface area contributed by atoms with Crippen molar-refractivity contribution >= 4 is 28.2 Å². The summed E-state index contributed by atoms with van der Waals surface area (Å²) in [6, 6.07) is 7.63. The van der Waals surface area contributed by atoms with Crippen LogP contribution < -0.4 is 10.6 Å². The first kappa shape index (κ1) is 28.8. The van der Waals surface area contributed by atoms with E-state index in [-0.39, 0.29) is 28.6 Å². The number of fused-ring (bicyclic) bond motifs is 1. The molecule has 2 saturated carbocycles. The van der Waals surface area contributed by atoms with E-state index in [1.165, 1.54) is 0 Å². The molecule has 2 fully saturated rings. The number of pyridine rings is 1. The van der Waals surface area contributed by atoms with Crippen LogP contribution in [0.1, 0.15) is 32.6 Å². The smallest absolute Gasteiger partial charge is 0.383 e. The Kier molecular flexibility index (Phi) is 11.0. The maximum Gasteiger partial charge on any atom is 2.00 e. The average Bonchev–Trinajstić information content (AvgIpc) is 3.63. The number of hydrogen-bond donors (Lipinski definition) is 2. The Labute approximate surface area is 231 Å². The van der Waals surface area contributed by atoms with E-state index in [2.05, 4.69) is 64.8 Å². The Morgan fingerprint density at radius 2 is 1.64 bits per heavy atom. The molecule has 2 aromatic heterocycles. The van der Waals surface area contributed by atoms with Crippen molar-refractivity contribution in [1.29, 1.82) is 0 Å². The number of rotatable bonds is 7. The second-order valence-electron chi connectivity index (χ2n) is 9.13. The zero-order valence-electron chi connectivity index (χ0n) is 20.5. The normalized spacial score (nSPS) is 16.9. The Balaban J connectivity index is 0.000000538. The molecular weight excluding hydrogens is 514 g/mol. The second kappa shape index (κ2) is 13.7. The molecule has 0 aliphatic heterocycles. The molecule has 2 heterocycles. The van der Waals surface area contributed by atoms with Crippen molar-refractivity contribution in [2.75, 3.05) is 18.4 Å². The zero-order valence-corrected chi connectivity index (χ0v) is 22.4. The second-order valence-corrected chi connectivity index (χ2v) is 9.57. The van der Waals surface area contributed by atoms with Gasteiger partial charge in [0, 0.05) is 41.3 Å². The van der Waals surface area contributed by atoms with Crippen LogP contribution in [-0.2, 0) is 22.6 Å². The molecular formula is C27H30ClFeN7+2. The van der Waals surface area contributed by atoms with Gasteiger partial charge in [-0.2, -0.15) is 0 Å². The van der Waals surface area contributed by atoms with Crippen molar-refractivity contribution in [2.45, 2.75) is 32.4 Å². The third-order valence-electron chi connectivity index (χ3n) is 5.46. The van der Waals surface area contributed by atoms with Crippen molar-refractivity contribution in [3.05, 3.63) is 105 Å². The maximum absolute atomic E-state index is 6.09. The van der Waals surface area contributed by atoms with E-state index >= 15 is 0 Å². The molecule has 1 aromatic carbocycles. The molecule has 2 N–H and O–H groups in total. The number of tetrazole rings is 1. The maximum atomic E-state index is 6.09. The molecule has 3 aromatic rings. The number of benzene rings is 1. The van der Waals surface area contributed by atoms with E-state index in [0.29, 0.717) is 5.02 Å². The summed E-state index contributed by atoms with van der Waals surface area (Å²) >= 11 is 6.09.